The molecule has 0 aliphatic carbocycles. The molecule has 0 aliphatic heterocycles. The first-order valence-corrected chi connectivity index (χ1v) is 9.39. The quantitative estimate of drug-likeness (QED) is 0.538. The number of halogens is 1. The molecule has 0 saturated carbocycles. The van der Waals surface area contributed by atoms with Gasteiger partial charge in [0.1, 0.15) is 11.4 Å². The smallest absolute Gasteiger partial charge is 0.227 e. The number of hydrogen-bond donors (Lipinski definition) is 1. The summed E-state index contributed by atoms with van der Waals surface area (Å²) in [7, 11) is 5.60. The van der Waals surface area contributed by atoms with Gasteiger partial charge in [-0.25, -0.2) is 15.0 Å². The summed E-state index contributed by atoms with van der Waals surface area (Å²) >= 11 is 7.84. The second kappa shape index (κ2) is 7.05. The predicted molar refractivity (Wildman–Crippen MR) is 110 cm³/mol. The molecule has 3 heterocycles. The minimum Gasteiger partial charge on any atom is -0.494 e. The highest BCUT2D eigenvalue weighted by molar-refractivity contribution is 7.15. The number of hydrogen-bond acceptors (Lipinski definition) is 7. The Morgan fingerprint density at radius 3 is 2.85 bits per heavy atom. The largest absolute Gasteiger partial charge is 0.494 e. The van der Waals surface area contributed by atoms with E-state index < -0.39 is 0 Å². The van der Waals surface area contributed by atoms with Crippen molar-refractivity contribution in [2.24, 2.45) is 0 Å². The van der Waals surface area contributed by atoms with Crippen LogP contribution in [0.25, 0.3) is 16.3 Å². The Balaban J connectivity index is 1.70. The molecule has 0 spiro atoms. The molecular formula is C18H17ClN6OS. The minimum atomic E-state index is 0.416. The highest BCUT2D eigenvalue weighted by Crippen LogP contribution is 2.32. The zero-order valence-electron chi connectivity index (χ0n) is 15.0. The first kappa shape index (κ1) is 17.6. The number of aromatic nitrogens is 4. The van der Waals surface area contributed by atoms with E-state index in [1.807, 2.05) is 59.2 Å². The molecule has 0 fully saturated rings. The number of imidazole rings is 1. The van der Waals surface area contributed by atoms with Crippen LogP contribution in [0.2, 0.25) is 5.15 Å². The molecule has 0 atom stereocenters. The lowest BCUT2D eigenvalue weighted by atomic mass is 10.2. The van der Waals surface area contributed by atoms with Gasteiger partial charge >= 0.3 is 0 Å². The van der Waals surface area contributed by atoms with E-state index >= 15 is 0 Å². The van der Waals surface area contributed by atoms with Crippen LogP contribution in [0.15, 0.2) is 42.0 Å². The molecule has 138 valence electrons. The van der Waals surface area contributed by atoms with Gasteiger partial charge in [-0.1, -0.05) is 11.6 Å². The van der Waals surface area contributed by atoms with E-state index in [1.54, 1.807) is 13.3 Å². The number of fused-ring (bicyclic) bond motifs is 1. The van der Waals surface area contributed by atoms with E-state index in [1.165, 1.54) is 11.3 Å². The fraction of sp³-hybridized carbons (Fsp3) is 0.167. The van der Waals surface area contributed by atoms with Gasteiger partial charge in [-0.05, 0) is 18.2 Å². The molecule has 4 aromatic rings. The van der Waals surface area contributed by atoms with Crippen molar-refractivity contribution in [3.05, 3.63) is 47.2 Å². The van der Waals surface area contributed by atoms with Crippen LogP contribution >= 0.6 is 22.9 Å². The van der Waals surface area contributed by atoms with Crippen molar-refractivity contribution in [1.29, 1.82) is 0 Å². The van der Waals surface area contributed by atoms with E-state index in [4.69, 9.17) is 16.3 Å². The molecule has 0 bridgehead atoms. The standard InChI is InChI=1S/C18H17ClN6OS/c1-24(2)11-4-5-12(14(10-11)26-3)21-17-20-7-6-13(22-17)15-16(19)23-18-25(15)8-9-27-18/h4-10H,1-3H3,(H,20,21,22). The summed E-state index contributed by atoms with van der Waals surface area (Å²) in [5.74, 6) is 1.16. The molecule has 0 aliphatic rings. The third-order valence-corrected chi connectivity index (χ3v) is 5.09. The van der Waals surface area contributed by atoms with E-state index in [0.717, 1.165) is 22.0 Å². The highest BCUT2D eigenvalue weighted by Gasteiger charge is 2.16. The van der Waals surface area contributed by atoms with Crippen LogP contribution in [0.4, 0.5) is 17.3 Å². The van der Waals surface area contributed by atoms with Crippen molar-refractivity contribution < 1.29 is 4.74 Å². The van der Waals surface area contributed by atoms with Crippen molar-refractivity contribution >= 4 is 45.2 Å². The summed E-state index contributed by atoms with van der Waals surface area (Å²) in [6.45, 7) is 0. The maximum atomic E-state index is 6.32. The number of ether oxygens (including phenoxy) is 1. The lowest BCUT2D eigenvalue weighted by Crippen LogP contribution is -2.09. The van der Waals surface area contributed by atoms with Gasteiger partial charge in [0.25, 0.3) is 0 Å². The lowest BCUT2D eigenvalue weighted by Gasteiger charge is -2.16. The summed E-state index contributed by atoms with van der Waals surface area (Å²) < 4.78 is 7.42. The van der Waals surface area contributed by atoms with Crippen LogP contribution in [0, 0.1) is 0 Å². The molecule has 0 unspecified atom stereocenters. The number of thiazole rings is 1. The van der Waals surface area contributed by atoms with Crippen molar-refractivity contribution in [3.8, 4) is 17.1 Å². The van der Waals surface area contributed by atoms with Gasteiger partial charge in [-0.2, -0.15) is 0 Å². The molecule has 27 heavy (non-hydrogen) atoms. The Kier molecular flexibility index (Phi) is 4.59. The van der Waals surface area contributed by atoms with Crippen LogP contribution in [-0.4, -0.2) is 40.6 Å². The highest BCUT2D eigenvalue weighted by atomic mass is 35.5. The van der Waals surface area contributed by atoms with Gasteiger partial charge in [0, 0.05) is 43.6 Å². The van der Waals surface area contributed by atoms with E-state index in [9.17, 15) is 0 Å². The maximum absolute atomic E-state index is 6.32. The van der Waals surface area contributed by atoms with Gasteiger partial charge in [0.2, 0.25) is 5.95 Å². The average Bonchev–Trinajstić information content (AvgIpc) is 3.22. The Bertz CT molecular complexity index is 1110. The van der Waals surface area contributed by atoms with Gasteiger partial charge in [0.05, 0.1) is 18.5 Å². The molecule has 3 aromatic heterocycles. The molecule has 1 aromatic carbocycles. The van der Waals surface area contributed by atoms with Gasteiger partial charge in [-0.15, -0.1) is 11.3 Å². The van der Waals surface area contributed by atoms with Gasteiger partial charge in [-0.3, -0.25) is 4.40 Å². The summed E-state index contributed by atoms with van der Waals surface area (Å²) in [5.41, 5.74) is 3.25. The zero-order chi connectivity index (χ0) is 19.0. The zero-order valence-corrected chi connectivity index (χ0v) is 16.5. The predicted octanol–water partition coefficient (Wildman–Crippen LogP) is 4.32. The Morgan fingerprint density at radius 2 is 2.07 bits per heavy atom. The first-order valence-electron chi connectivity index (χ1n) is 8.13. The summed E-state index contributed by atoms with van der Waals surface area (Å²) in [5, 5.41) is 5.59. The fourth-order valence-corrected chi connectivity index (χ4v) is 3.75. The molecule has 7 nitrogen and oxygen atoms in total. The van der Waals surface area contributed by atoms with E-state index in [2.05, 4.69) is 20.3 Å². The normalized spacial score (nSPS) is 11.0. The molecule has 4 rings (SSSR count). The third kappa shape index (κ3) is 3.29. The summed E-state index contributed by atoms with van der Waals surface area (Å²) in [6, 6.07) is 7.70. The molecular weight excluding hydrogens is 384 g/mol. The summed E-state index contributed by atoms with van der Waals surface area (Å²) in [4.78, 5) is 16.1. The van der Waals surface area contributed by atoms with Crippen molar-refractivity contribution in [2.45, 2.75) is 0 Å². The van der Waals surface area contributed by atoms with Crippen molar-refractivity contribution in [1.82, 2.24) is 19.4 Å². The Morgan fingerprint density at radius 1 is 1.22 bits per heavy atom. The van der Waals surface area contributed by atoms with Gasteiger partial charge in [0.15, 0.2) is 10.1 Å². The monoisotopic (exact) mass is 400 g/mol. The number of nitrogens with one attached hydrogen (secondary N) is 1. The topological polar surface area (TPSA) is 67.6 Å². The Hall–Kier alpha value is -2.84. The number of anilines is 3. The van der Waals surface area contributed by atoms with Crippen LogP contribution < -0.4 is 15.0 Å². The van der Waals surface area contributed by atoms with Crippen LogP contribution in [-0.2, 0) is 0 Å². The summed E-state index contributed by atoms with van der Waals surface area (Å²) in [6.07, 6.45) is 3.61. The van der Waals surface area contributed by atoms with E-state index in [-0.39, 0.29) is 0 Å². The van der Waals surface area contributed by atoms with E-state index in [0.29, 0.717) is 22.5 Å². The lowest BCUT2D eigenvalue weighted by molar-refractivity contribution is 0.417. The fourth-order valence-electron chi connectivity index (χ4n) is 2.72. The average molecular weight is 401 g/mol. The Labute approximate surface area is 165 Å². The maximum Gasteiger partial charge on any atom is 0.227 e. The van der Waals surface area contributed by atoms with Crippen molar-refractivity contribution in [2.75, 3.05) is 31.4 Å². The number of methoxy groups -OCH3 is 1. The van der Waals surface area contributed by atoms with Crippen LogP contribution in [0.5, 0.6) is 5.75 Å². The molecule has 0 saturated heterocycles. The SMILES string of the molecule is COc1cc(N(C)C)ccc1Nc1nccc(-c2c(Cl)nc3sccn23)n1. The van der Waals surface area contributed by atoms with Gasteiger partial charge < -0.3 is 15.0 Å². The first-order chi connectivity index (χ1) is 13.1. The second-order valence-corrected chi connectivity index (χ2v) is 7.21. The van der Waals surface area contributed by atoms with Crippen LogP contribution in [0.1, 0.15) is 0 Å². The number of rotatable bonds is 5. The number of benzene rings is 1. The third-order valence-electron chi connectivity index (χ3n) is 4.07. The second-order valence-electron chi connectivity index (χ2n) is 5.98. The molecule has 0 radical (unpaired) electrons. The van der Waals surface area contributed by atoms with Crippen molar-refractivity contribution in [3.63, 3.8) is 0 Å². The van der Waals surface area contributed by atoms with Crippen LogP contribution in [0.3, 0.4) is 0 Å². The molecule has 0 amide bonds. The molecule has 9 heteroatoms. The number of nitrogens with zero attached hydrogens (tertiary/aromatic N) is 5. The minimum absolute atomic E-state index is 0.416. The molecule has 1 N–H and O–H groups in total.